The van der Waals surface area contributed by atoms with Gasteiger partial charge in [0.2, 0.25) is 0 Å². The lowest BCUT2D eigenvalue weighted by molar-refractivity contribution is 0.0976. The van der Waals surface area contributed by atoms with E-state index in [0.717, 1.165) is 19.3 Å². The number of hydrogen-bond acceptors (Lipinski definition) is 2. The van der Waals surface area contributed by atoms with Crippen LogP contribution in [-0.2, 0) is 0 Å². The molecule has 0 N–H and O–H groups in total. The third-order valence-corrected chi connectivity index (χ3v) is 3.94. The number of hydrogen-bond donors (Lipinski definition) is 0. The molecule has 0 saturated heterocycles. The normalized spacial score (nSPS) is 10.7. The maximum atomic E-state index is 12.3. The van der Waals surface area contributed by atoms with Gasteiger partial charge in [-0.25, -0.2) is 0 Å². The van der Waals surface area contributed by atoms with Crippen molar-refractivity contribution in [3.63, 3.8) is 0 Å². The highest BCUT2D eigenvalue weighted by molar-refractivity contribution is 6.09. The Morgan fingerprint density at radius 2 is 1.35 bits per heavy atom. The van der Waals surface area contributed by atoms with E-state index in [0.29, 0.717) is 29.0 Å². The van der Waals surface area contributed by atoms with E-state index in [1.165, 1.54) is 0 Å². The van der Waals surface area contributed by atoms with Crippen molar-refractivity contribution in [3.05, 3.63) is 71.3 Å². The van der Waals surface area contributed by atoms with Crippen LogP contribution < -0.4 is 0 Å². The molecule has 2 rings (SSSR count). The van der Waals surface area contributed by atoms with Crippen LogP contribution in [0.5, 0.6) is 0 Å². The molecular weight excluding hydrogens is 284 g/mol. The fraction of sp³-hybridized carbons (Fsp3) is 0.333. The quantitative estimate of drug-likeness (QED) is 0.489. The molecule has 0 spiro atoms. The Morgan fingerprint density at radius 3 is 1.96 bits per heavy atom. The van der Waals surface area contributed by atoms with Crippen molar-refractivity contribution >= 4 is 11.6 Å². The summed E-state index contributed by atoms with van der Waals surface area (Å²) in [5.74, 6) is 0.836. The molecule has 0 aromatic heterocycles. The van der Waals surface area contributed by atoms with Gasteiger partial charge in [-0.15, -0.1) is 0 Å². The van der Waals surface area contributed by atoms with E-state index < -0.39 is 0 Å². The minimum Gasteiger partial charge on any atom is -0.294 e. The summed E-state index contributed by atoms with van der Waals surface area (Å²) in [6.07, 6.45) is 3.77. The van der Waals surface area contributed by atoms with E-state index in [9.17, 15) is 9.59 Å². The maximum Gasteiger partial charge on any atom is 0.193 e. The standard InChI is InChI=1S/C21H24O2/c1-16(2)8-6-7-11-20(22)17-12-14-19(15-13-17)21(23)18-9-4-3-5-10-18/h3-5,9-10,12-16H,6-8,11H2,1-2H3. The molecule has 0 atom stereocenters. The van der Waals surface area contributed by atoms with Crippen LogP contribution in [0, 0.1) is 5.92 Å². The number of carbonyl (C=O) groups excluding carboxylic acids is 2. The second kappa shape index (κ2) is 8.42. The van der Waals surface area contributed by atoms with Gasteiger partial charge in [0.15, 0.2) is 11.6 Å². The molecule has 0 bridgehead atoms. The van der Waals surface area contributed by atoms with Crippen molar-refractivity contribution in [2.75, 3.05) is 0 Å². The Bertz CT molecular complexity index is 639. The molecule has 0 unspecified atom stereocenters. The van der Waals surface area contributed by atoms with Gasteiger partial charge in [0.25, 0.3) is 0 Å². The summed E-state index contributed by atoms with van der Waals surface area (Å²) >= 11 is 0. The van der Waals surface area contributed by atoms with Gasteiger partial charge in [-0.1, -0.05) is 81.3 Å². The van der Waals surface area contributed by atoms with Gasteiger partial charge in [-0.05, 0) is 12.3 Å². The van der Waals surface area contributed by atoms with Gasteiger partial charge >= 0.3 is 0 Å². The molecular formula is C21H24O2. The molecule has 0 radical (unpaired) electrons. The predicted molar refractivity (Wildman–Crippen MR) is 94.0 cm³/mol. The average Bonchev–Trinajstić information content (AvgIpc) is 2.58. The van der Waals surface area contributed by atoms with E-state index in [-0.39, 0.29) is 11.6 Å². The van der Waals surface area contributed by atoms with E-state index in [2.05, 4.69) is 13.8 Å². The lowest BCUT2D eigenvalue weighted by atomic mass is 9.98. The second-order valence-corrected chi connectivity index (χ2v) is 6.34. The monoisotopic (exact) mass is 308 g/mol. The zero-order chi connectivity index (χ0) is 16.7. The van der Waals surface area contributed by atoms with E-state index in [1.807, 2.05) is 18.2 Å². The molecule has 0 amide bonds. The molecule has 2 heteroatoms. The minimum absolute atomic E-state index is 0.0125. The molecule has 0 fully saturated rings. The summed E-state index contributed by atoms with van der Waals surface area (Å²) < 4.78 is 0. The van der Waals surface area contributed by atoms with Gasteiger partial charge in [-0.3, -0.25) is 9.59 Å². The first-order chi connectivity index (χ1) is 11.1. The molecule has 0 aliphatic carbocycles. The van der Waals surface area contributed by atoms with Crippen molar-refractivity contribution in [2.45, 2.75) is 39.5 Å². The fourth-order valence-corrected chi connectivity index (χ4v) is 2.55. The van der Waals surface area contributed by atoms with Crippen LogP contribution in [0.15, 0.2) is 54.6 Å². The fourth-order valence-electron chi connectivity index (χ4n) is 2.55. The van der Waals surface area contributed by atoms with Gasteiger partial charge in [0.05, 0.1) is 0 Å². The zero-order valence-corrected chi connectivity index (χ0v) is 13.9. The molecule has 120 valence electrons. The molecule has 2 aromatic carbocycles. The van der Waals surface area contributed by atoms with E-state index in [1.54, 1.807) is 36.4 Å². The summed E-state index contributed by atoms with van der Waals surface area (Å²) in [6.45, 7) is 4.40. The Labute approximate surface area is 138 Å². The van der Waals surface area contributed by atoms with Crippen LogP contribution in [-0.4, -0.2) is 11.6 Å². The number of carbonyl (C=O) groups is 2. The summed E-state index contributed by atoms with van der Waals surface area (Å²) in [6, 6.07) is 16.2. The molecule has 0 aliphatic rings. The van der Waals surface area contributed by atoms with E-state index in [4.69, 9.17) is 0 Å². The maximum absolute atomic E-state index is 12.3. The third-order valence-electron chi connectivity index (χ3n) is 3.94. The molecule has 0 saturated carbocycles. The zero-order valence-electron chi connectivity index (χ0n) is 13.9. The van der Waals surface area contributed by atoms with Crippen LogP contribution >= 0.6 is 0 Å². The van der Waals surface area contributed by atoms with Crippen molar-refractivity contribution in [1.29, 1.82) is 0 Å². The minimum atomic E-state index is -0.0125. The van der Waals surface area contributed by atoms with Gasteiger partial charge in [0.1, 0.15) is 0 Å². The first kappa shape index (κ1) is 17.1. The average molecular weight is 308 g/mol. The lowest BCUT2D eigenvalue weighted by Crippen LogP contribution is -2.03. The van der Waals surface area contributed by atoms with Crippen molar-refractivity contribution in [3.8, 4) is 0 Å². The highest BCUT2D eigenvalue weighted by atomic mass is 16.1. The summed E-state index contributed by atoms with van der Waals surface area (Å²) in [5, 5.41) is 0. The Morgan fingerprint density at radius 1 is 0.783 bits per heavy atom. The molecule has 2 aromatic rings. The molecule has 0 heterocycles. The van der Waals surface area contributed by atoms with Crippen LogP contribution in [0.4, 0.5) is 0 Å². The summed E-state index contributed by atoms with van der Waals surface area (Å²) in [7, 11) is 0. The van der Waals surface area contributed by atoms with Crippen molar-refractivity contribution in [2.24, 2.45) is 5.92 Å². The number of benzene rings is 2. The number of rotatable bonds is 8. The van der Waals surface area contributed by atoms with Crippen LogP contribution in [0.3, 0.4) is 0 Å². The largest absolute Gasteiger partial charge is 0.294 e. The van der Waals surface area contributed by atoms with Crippen LogP contribution in [0.25, 0.3) is 0 Å². The summed E-state index contributed by atoms with van der Waals surface area (Å²) in [5.41, 5.74) is 1.98. The highest BCUT2D eigenvalue weighted by Crippen LogP contribution is 2.14. The second-order valence-electron chi connectivity index (χ2n) is 6.34. The van der Waals surface area contributed by atoms with Crippen LogP contribution in [0.1, 0.15) is 65.8 Å². The summed E-state index contributed by atoms with van der Waals surface area (Å²) in [4.78, 5) is 24.5. The van der Waals surface area contributed by atoms with Gasteiger partial charge in [0, 0.05) is 23.1 Å². The van der Waals surface area contributed by atoms with Gasteiger partial charge in [-0.2, -0.15) is 0 Å². The van der Waals surface area contributed by atoms with Crippen molar-refractivity contribution < 1.29 is 9.59 Å². The first-order valence-electron chi connectivity index (χ1n) is 8.31. The van der Waals surface area contributed by atoms with Crippen molar-refractivity contribution in [1.82, 2.24) is 0 Å². The van der Waals surface area contributed by atoms with Gasteiger partial charge < -0.3 is 0 Å². The number of Topliss-reactive ketones (excluding diaryl/α,β-unsaturated/α-hetero) is 1. The predicted octanol–water partition coefficient (Wildman–Crippen LogP) is 5.32. The molecule has 0 aliphatic heterocycles. The van der Waals surface area contributed by atoms with Crippen LogP contribution in [0.2, 0.25) is 0 Å². The SMILES string of the molecule is CC(C)CCCCC(=O)c1ccc(C(=O)c2ccccc2)cc1. The number of ketones is 2. The number of unbranched alkanes of at least 4 members (excludes halogenated alkanes) is 1. The Kier molecular flexibility index (Phi) is 6.28. The van der Waals surface area contributed by atoms with E-state index >= 15 is 0 Å². The Hall–Kier alpha value is -2.22. The highest BCUT2D eigenvalue weighted by Gasteiger charge is 2.10. The Balaban J connectivity index is 1.94. The molecule has 23 heavy (non-hydrogen) atoms. The molecule has 2 nitrogen and oxygen atoms in total. The lowest BCUT2D eigenvalue weighted by Gasteiger charge is -2.05. The smallest absolute Gasteiger partial charge is 0.193 e. The first-order valence-corrected chi connectivity index (χ1v) is 8.31. The topological polar surface area (TPSA) is 34.1 Å². The third kappa shape index (κ3) is 5.17.